The topological polar surface area (TPSA) is 54.3 Å². The monoisotopic (exact) mass is 326 g/mol. The average molecular weight is 327 g/mol. The number of hydrogen-bond acceptors (Lipinski definition) is 4. The summed E-state index contributed by atoms with van der Waals surface area (Å²) < 4.78 is 11.7. The van der Waals surface area contributed by atoms with Crippen LogP contribution in [0.1, 0.15) is 18.1 Å². The molecule has 4 nitrogen and oxygen atoms in total. The van der Waals surface area contributed by atoms with Crippen LogP contribution in [0.4, 0.5) is 0 Å². The molecule has 0 bridgehead atoms. The van der Waals surface area contributed by atoms with Gasteiger partial charge in [0.15, 0.2) is 6.10 Å². The molecule has 1 N–H and O–H groups in total. The van der Waals surface area contributed by atoms with Crippen LogP contribution < -0.4 is 10.1 Å². The smallest absolute Gasteiger partial charge is 0.181 e. The maximum absolute atomic E-state index is 8.86. The van der Waals surface area contributed by atoms with Crippen molar-refractivity contribution in [1.29, 1.82) is 5.26 Å². The summed E-state index contributed by atoms with van der Waals surface area (Å²) in [5.74, 6) is 0.780. The van der Waals surface area contributed by atoms with Gasteiger partial charge >= 0.3 is 0 Å². The fourth-order valence-electron chi connectivity index (χ4n) is 1.70. The van der Waals surface area contributed by atoms with Crippen LogP contribution in [0.2, 0.25) is 0 Å². The van der Waals surface area contributed by atoms with E-state index >= 15 is 0 Å². The molecule has 0 aliphatic carbocycles. The summed E-state index contributed by atoms with van der Waals surface area (Å²) >= 11 is 3.48. The Balaban J connectivity index is 2.84. The van der Waals surface area contributed by atoms with E-state index in [-0.39, 0.29) is 0 Å². The third-order valence-electron chi connectivity index (χ3n) is 2.59. The fourth-order valence-corrected chi connectivity index (χ4v) is 2.32. The fraction of sp³-hybridized carbons (Fsp3) is 0.500. The van der Waals surface area contributed by atoms with Crippen LogP contribution in [0, 0.1) is 18.3 Å². The highest BCUT2D eigenvalue weighted by atomic mass is 79.9. The summed E-state index contributed by atoms with van der Waals surface area (Å²) in [5.41, 5.74) is 2.05. The Morgan fingerprint density at radius 1 is 1.47 bits per heavy atom. The third-order valence-corrected chi connectivity index (χ3v) is 3.05. The Kier molecular flexibility index (Phi) is 6.85. The zero-order chi connectivity index (χ0) is 14.3. The molecule has 0 aromatic heterocycles. The van der Waals surface area contributed by atoms with Gasteiger partial charge in [-0.25, -0.2) is 0 Å². The Bertz CT molecular complexity index is 457. The number of nitriles is 1. The number of methoxy groups -OCH3 is 1. The molecule has 5 heteroatoms. The van der Waals surface area contributed by atoms with Gasteiger partial charge in [-0.1, -0.05) is 15.9 Å². The van der Waals surface area contributed by atoms with E-state index in [1.807, 2.05) is 19.1 Å². The molecular formula is C14H19BrN2O2. The zero-order valence-electron chi connectivity index (χ0n) is 11.5. The number of aryl methyl sites for hydroxylation is 1. The number of nitrogens with zero attached hydrogens (tertiary/aromatic N) is 1. The standard InChI is InChI=1S/C14H19BrN2O2/c1-10-6-13(15)7-12(9-17-4-5-18-3)14(10)19-11(2)8-16/h6-7,11,17H,4-5,9H2,1-3H3. The maximum Gasteiger partial charge on any atom is 0.181 e. The maximum atomic E-state index is 8.86. The van der Waals surface area contributed by atoms with Crippen LogP contribution in [0.3, 0.4) is 0 Å². The van der Waals surface area contributed by atoms with Crippen molar-refractivity contribution in [2.75, 3.05) is 20.3 Å². The Morgan fingerprint density at radius 2 is 2.21 bits per heavy atom. The van der Waals surface area contributed by atoms with Gasteiger partial charge in [-0.3, -0.25) is 0 Å². The predicted molar refractivity (Wildman–Crippen MR) is 78.2 cm³/mol. The molecule has 0 saturated heterocycles. The summed E-state index contributed by atoms with van der Waals surface area (Å²) in [4.78, 5) is 0. The first-order chi connectivity index (χ1) is 9.08. The predicted octanol–water partition coefficient (Wildman–Crippen LogP) is 2.78. The third kappa shape index (κ3) is 5.19. The molecule has 1 atom stereocenters. The van der Waals surface area contributed by atoms with Gasteiger partial charge in [0.1, 0.15) is 11.8 Å². The zero-order valence-corrected chi connectivity index (χ0v) is 13.1. The van der Waals surface area contributed by atoms with E-state index in [2.05, 4.69) is 27.3 Å². The van der Waals surface area contributed by atoms with Gasteiger partial charge in [-0.05, 0) is 31.5 Å². The van der Waals surface area contributed by atoms with E-state index < -0.39 is 6.10 Å². The van der Waals surface area contributed by atoms with E-state index in [1.165, 1.54) is 0 Å². The second-order valence-corrected chi connectivity index (χ2v) is 5.19. The first-order valence-corrected chi connectivity index (χ1v) is 6.92. The number of benzene rings is 1. The lowest BCUT2D eigenvalue weighted by atomic mass is 10.1. The minimum Gasteiger partial charge on any atom is -0.475 e. The van der Waals surface area contributed by atoms with Crippen LogP contribution in [0.25, 0.3) is 0 Å². The van der Waals surface area contributed by atoms with E-state index in [9.17, 15) is 0 Å². The highest BCUT2D eigenvalue weighted by Crippen LogP contribution is 2.28. The highest BCUT2D eigenvalue weighted by Gasteiger charge is 2.12. The number of hydrogen-bond donors (Lipinski definition) is 1. The molecule has 0 amide bonds. The quantitative estimate of drug-likeness (QED) is 0.783. The molecule has 1 aromatic rings. The normalized spacial score (nSPS) is 11.9. The van der Waals surface area contributed by atoms with Crippen LogP contribution in [-0.2, 0) is 11.3 Å². The molecule has 1 rings (SSSR count). The van der Waals surface area contributed by atoms with Crippen LogP contribution in [0.15, 0.2) is 16.6 Å². The molecule has 0 aliphatic heterocycles. The number of nitrogens with one attached hydrogen (secondary N) is 1. The minimum atomic E-state index is -0.461. The molecule has 0 radical (unpaired) electrons. The lowest BCUT2D eigenvalue weighted by molar-refractivity contribution is 0.199. The summed E-state index contributed by atoms with van der Waals surface area (Å²) in [6.07, 6.45) is -0.461. The Morgan fingerprint density at radius 3 is 2.84 bits per heavy atom. The van der Waals surface area contributed by atoms with Crippen molar-refractivity contribution in [2.45, 2.75) is 26.5 Å². The lowest BCUT2D eigenvalue weighted by Crippen LogP contribution is -2.20. The van der Waals surface area contributed by atoms with Crippen molar-refractivity contribution in [3.8, 4) is 11.8 Å². The first-order valence-electron chi connectivity index (χ1n) is 6.13. The van der Waals surface area contributed by atoms with Crippen molar-refractivity contribution < 1.29 is 9.47 Å². The molecule has 0 heterocycles. The minimum absolute atomic E-state index is 0.461. The summed E-state index contributed by atoms with van der Waals surface area (Å²) in [5, 5.41) is 12.1. The highest BCUT2D eigenvalue weighted by molar-refractivity contribution is 9.10. The molecule has 1 aromatic carbocycles. The second kappa shape index (κ2) is 8.16. The number of ether oxygens (including phenoxy) is 2. The van der Waals surface area contributed by atoms with Crippen LogP contribution >= 0.6 is 15.9 Å². The molecule has 104 valence electrons. The van der Waals surface area contributed by atoms with Gasteiger partial charge in [0.25, 0.3) is 0 Å². The molecule has 0 fully saturated rings. The molecule has 0 spiro atoms. The molecule has 1 unspecified atom stereocenters. The first kappa shape index (κ1) is 16.0. The van der Waals surface area contributed by atoms with Crippen molar-refractivity contribution in [1.82, 2.24) is 5.32 Å². The molecular weight excluding hydrogens is 308 g/mol. The van der Waals surface area contributed by atoms with Crippen LogP contribution in [0.5, 0.6) is 5.75 Å². The summed E-state index contributed by atoms with van der Waals surface area (Å²) in [6, 6.07) is 6.07. The van der Waals surface area contributed by atoms with Gasteiger partial charge < -0.3 is 14.8 Å². The number of rotatable bonds is 7. The van der Waals surface area contributed by atoms with E-state index in [4.69, 9.17) is 14.7 Å². The molecule has 0 aliphatic rings. The van der Waals surface area contributed by atoms with Gasteiger partial charge in [0.2, 0.25) is 0 Å². The van der Waals surface area contributed by atoms with Gasteiger partial charge in [0.05, 0.1) is 6.61 Å². The van der Waals surface area contributed by atoms with Crippen molar-refractivity contribution in [3.63, 3.8) is 0 Å². The van der Waals surface area contributed by atoms with Crippen molar-refractivity contribution >= 4 is 15.9 Å². The van der Waals surface area contributed by atoms with Crippen LogP contribution in [-0.4, -0.2) is 26.4 Å². The van der Waals surface area contributed by atoms with E-state index in [1.54, 1.807) is 14.0 Å². The second-order valence-electron chi connectivity index (χ2n) is 4.27. The molecule has 0 saturated carbocycles. The average Bonchev–Trinajstić information content (AvgIpc) is 2.38. The van der Waals surface area contributed by atoms with E-state index in [0.29, 0.717) is 13.2 Å². The SMILES string of the molecule is COCCNCc1cc(Br)cc(C)c1OC(C)C#N. The number of halogens is 1. The van der Waals surface area contributed by atoms with Gasteiger partial charge in [-0.2, -0.15) is 5.26 Å². The van der Waals surface area contributed by atoms with Gasteiger partial charge in [0, 0.05) is 30.2 Å². The van der Waals surface area contributed by atoms with Gasteiger partial charge in [-0.15, -0.1) is 0 Å². The largest absolute Gasteiger partial charge is 0.475 e. The molecule has 19 heavy (non-hydrogen) atoms. The van der Waals surface area contributed by atoms with Crippen molar-refractivity contribution in [2.24, 2.45) is 0 Å². The summed E-state index contributed by atoms with van der Waals surface area (Å²) in [6.45, 7) is 5.83. The van der Waals surface area contributed by atoms with E-state index in [0.717, 1.165) is 27.9 Å². The Hall–Kier alpha value is -1.09. The Labute approximate surface area is 122 Å². The lowest BCUT2D eigenvalue weighted by Gasteiger charge is -2.16. The summed E-state index contributed by atoms with van der Waals surface area (Å²) in [7, 11) is 1.67. The van der Waals surface area contributed by atoms with Crippen molar-refractivity contribution in [3.05, 3.63) is 27.7 Å².